The molecule has 1 unspecified atom stereocenters. The van der Waals surface area contributed by atoms with Crippen molar-refractivity contribution in [3.8, 4) is 0 Å². The van der Waals surface area contributed by atoms with E-state index < -0.39 is 28.7 Å². The first-order valence-electron chi connectivity index (χ1n) is 6.78. The van der Waals surface area contributed by atoms with Crippen molar-refractivity contribution in [2.24, 2.45) is 0 Å². The predicted octanol–water partition coefficient (Wildman–Crippen LogP) is 3.01. The van der Waals surface area contributed by atoms with Gasteiger partial charge in [0.25, 0.3) is 0 Å². The zero-order valence-electron chi connectivity index (χ0n) is 12.5. The second kappa shape index (κ2) is 8.01. The first kappa shape index (κ1) is 19.0. The van der Waals surface area contributed by atoms with Gasteiger partial charge in [-0.2, -0.15) is 13.2 Å². The van der Waals surface area contributed by atoms with Gasteiger partial charge in [0.2, 0.25) is 11.8 Å². The fourth-order valence-electron chi connectivity index (χ4n) is 1.69. The molecule has 0 aliphatic heterocycles. The smallest absolute Gasteiger partial charge is 0.355 e. The molecule has 0 saturated carbocycles. The molecule has 1 aromatic carbocycles. The van der Waals surface area contributed by atoms with E-state index in [4.69, 9.17) is 11.6 Å². The van der Waals surface area contributed by atoms with Crippen molar-refractivity contribution in [1.29, 1.82) is 0 Å². The van der Waals surface area contributed by atoms with Crippen LogP contribution in [0, 0.1) is 0 Å². The number of rotatable bonds is 5. The number of nitrogens with one attached hydrogen (secondary N) is 2. The lowest BCUT2D eigenvalue weighted by Crippen LogP contribution is -2.44. The molecule has 0 bridgehead atoms. The Labute approximate surface area is 136 Å². The molecular weight excluding hydrogens is 333 g/mol. The number of benzene rings is 1. The van der Waals surface area contributed by atoms with Crippen LogP contribution in [0.5, 0.6) is 0 Å². The SMILES string of the molecule is CCNC(=O)C(C)NC(=O)C=Cc1ccc(Cl)c(C(F)(F)F)c1. The summed E-state index contributed by atoms with van der Waals surface area (Å²) < 4.78 is 38.2. The number of alkyl halides is 3. The van der Waals surface area contributed by atoms with Crippen molar-refractivity contribution in [2.45, 2.75) is 26.1 Å². The number of carbonyl (C=O) groups excluding carboxylic acids is 2. The lowest BCUT2D eigenvalue weighted by molar-refractivity contribution is -0.137. The van der Waals surface area contributed by atoms with Crippen molar-refractivity contribution in [3.05, 3.63) is 40.4 Å². The molecule has 2 amide bonds. The minimum Gasteiger partial charge on any atom is -0.355 e. The van der Waals surface area contributed by atoms with Gasteiger partial charge < -0.3 is 10.6 Å². The van der Waals surface area contributed by atoms with Crippen molar-refractivity contribution < 1.29 is 22.8 Å². The number of halogens is 4. The Bertz CT molecular complexity index is 615. The number of carbonyl (C=O) groups is 2. The van der Waals surface area contributed by atoms with Crippen LogP contribution in [-0.2, 0) is 15.8 Å². The molecule has 4 nitrogen and oxygen atoms in total. The van der Waals surface area contributed by atoms with E-state index in [9.17, 15) is 22.8 Å². The van der Waals surface area contributed by atoms with Gasteiger partial charge in [0.05, 0.1) is 10.6 Å². The topological polar surface area (TPSA) is 58.2 Å². The zero-order valence-corrected chi connectivity index (χ0v) is 13.3. The van der Waals surface area contributed by atoms with Gasteiger partial charge in [-0.25, -0.2) is 0 Å². The van der Waals surface area contributed by atoms with Gasteiger partial charge in [-0.15, -0.1) is 0 Å². The van der Waals surface area contributed by atoms with E-state index >= 15 is 0 Å². The molecule has 1 atom stereocenters. The number of hydrogen-bond donors (Lipinski definition) is 2. The Balaban J connectivity index is 2.78. The summed E-state index contributed by atoms with van der Waals surface area (Å²) in [5, 5.41) is 4.53. The van der Waals surface area contributed by atoms with Gasteiger partial charge in [-0.1, -0.05) is 17.7 Å². The quantitative estimate of drug-likeness (QED) is 0.804. The monoisotopic (exact) mass is 348 g/mol. The van der Waals surface area contributed by atoms with E-state index in [1.165, 1.54) is 19.1 Å². The Morgan fingerprint density at radius 1 is 1.35 bits per heavy atom. The third kappa shape index (κ3) is 5.94. The van der Waals surface area contributed by atoms with Crippen LogP contribution in [-0.4, -0.2) is 24.4 Å². The van der Waals surface area contributed by atoms with E-state index in [-0.39, 0.29) is 11.5 Å². The fraction of sp³-hybridized carbons (Fsp3) is 0.333. The van der Waals surface area contributed by atoms with Crippen LogP contribution in [0.25, 0.3) is 6.08 Å². The van der Waals surface area contributed by atoms with Gasteiger partial charge in [-0.05, 0) is 37.6 Å². The van der Waals surface area contributed by atoms with Crippen LogP contribution in [0.15, 0.2) is 24.3 Å². The molecule has 0 aliphatic carbocycles. The molecule has 0 saturated heterocycles. The molecule has 1 aromatic rings. The zero-order chi connectivity index (χ0) is 17.6. The molecule has 8 heteroatoms. The summed E-state index contributed by atoms with van der Waals surface area (Å²) in [5.74, 6) is -0.938. The van der Waals surface area contributed by atoms with Crippen LogP contribution in [0.1, 0.15) is 25.0 Å². The van der Waals surface area contributed by atoms with Crippen molar-refractivity contribution in [2.75, 3.05) is 6.54 Å². The Kier molecular flexibility index (Phi) is 6.62. The summed E-state index contributed by atoms with van der Waals surface area (Å²) in [5.41, 5.74) is -0.806. The highest BCUT2D eigenvalue weighted by Crippen LogP contribution is 2.35. The lowest BCUT2D eigenvalue weighted by Gasteiger charge is -2.11. The third-order valence-electron chi connectivity index (χ3n) is 2.83. The van der Waals surface area contributed by atoms with Gasteiger partial charge >= 0.3 is 6.18 Å². The molecule has 0 spiro atoms. The van der Waals surface area contributed by atoms with E-state index in [0.29, 0.717) is 6.54 Å². The van der Waals surface area contributed by atoms with Crippen LogP contribution >= 0.6 is 11.6 Å². The van der Waals surface area contributed by atoms with Crippen molar-refractivity contribution in [3.63, 3.8) is 0 Å². The second-order valence-corrected chi connectivity index (χ2v) is 5.10. The predicted molar refractivity (Wildman–Crippen MR) is 81.8 cm³/mol. The molecule has 1 rings (SSSR count). The molecule has 23 heavy (non-hydrogen) atoms. The molecule has 0 heterocycles. The minimum atomic E-state index is -4.57. The fourth-order valence-corrected chi connectivity index (χ4v) is 1.91. The lowest BCUT2D eigenvalue weighted by atomic mass is 10.1. The van der Waals surface area contributed by atoms with Crippen LogP contribution in [0.2, 0.25) is 5.02 Å². The third-order valence-corrected chi connectivity index (χ3v) is 3.16. The largest absolute Gasteiger partial charge is 0.417 e. The first-order chi connectivity index (χ1) is 10.6. The highest BCUT2D eigenvalue weighted by Gasteiger charge is 2.33. The van der Waals surface area contributed by atoms with Gasteiger partial charge in [-0.3, -0.25) is 9.59 Å². The van der Waals surface area contributed by atoms with E-state index in [2.05, 4.69) is 10.6 Å². The number of amides is 2. The Hall–Kier alpha value is -2.02. The van der Waals surface area contributed by atoms with Crippen LogP contribution in [0.3, 0.4) is 0 Å². The molecule has 0 radical (unpaired) electrons. The van der Waals surface area contributed by atoms with E-state index in [1.54, 1.807) is 6.92 Å². The van der Waals surface area contributed by atoms with Gasteiger partial charge in [0, 0.05) is 12.6 Å². The number of likely N-dealkylation sites (N-methyl/N-ethyl adjacent to an activating group) is 1. The second-order valence-electron chi connectivity index (χ2n) is 4.70. The van der Waals surface area contributed by atoms with Crippen molar-refractivity contribution >= 4 is 29.5 Å². The maximum absolute atomic E-state index is 12.7. The molecule has 2 N–H and O–H groups in total. The minimum absolute atomic E-state index is 0.169. The average Bonchev–Trinajstić information content (AvgIpc) is 2.45. The van der Waals surface area contributed by atoms with Crippen molar-refractivity contribution in [1.82, 2.24) is 10.6 Å². The Morgan fingerprint density at radius 2 is 2.00 bits per heavy atom. The van der Waals surface area contributed by atoms with E-state index in [0.717, 1.165) is 18.2 Å². The number of hydrogen-bond acceptors (Lipinski definition) is 2. The normalized spacial score (nSPS) is 13.0. The first-order valence-corrected chi connectivity index (χ1v) is 7.16. The molecular formula is C15H16ClF3N2O2. The van der Waals surface area contributed by atoms with Crippen LogP contribution < -0.4 is 10.6 Å². The molecule has 126 valence electrons. The highest BCUT2D eigenvalue weighted by molar-refractivity contribution is 6.31. The molecule has 0 fully saturated rings. The molecule has 0 aliphatic rings. The van der Waals surface area contributed by atoms with Gasteiger partial charge in [0.15, 0.2) is 0 Å². The standard InChI is InChI=1S/C15H16ClF3N2O2/c1-3-20-14(23)9(2)21-13(22)7-5-10-4-6-12(16)11(8-10)15(17,18)19/h4-9H,3H2,1-2H3,(H,20,23)(H,21,22). The maximum atomic E-state index is 12.7. The average molecular weight is 349 g/mol. The Morgan fingerprint density at radius 3 is 2.57 bits per heavy atom. The van der Waals surface area contributed by atoms with Crippen LogP contribution in [0.4, 0.5) is 13.2 Å². The summed E-state index contributed by atoms with van der Waals surface area (Å²) in [4.78, 5) is 23.1. The summed E-state index contributed by atoms with van der Waals surface area (Å²) in [6.45, 7) is 3.67. The summed E-state index contributed by atoms with van der Waals surface area (Å²) in [6.07, 6.45) is -2.31. The summed E-state index contributed by atoms with van der Waals surface area (Å²) >= 11 is 5.51. The summed E-state index contributed by atoms with van der Waals surface area (Å²) in [7, 11) is 0. The van der Waals surface area contributed by atoms with E-state index in [1.807, 2.05) is 0 Å². The molecule has 0 aromatic heterocycles. The summed E-state index contributed by atoms with van der Waals surface area (Å²) in [6, 6.07) is 2.57. The highest BCUT2D eigenvalue weighted by atomic mass is 35.5. The maximum Gasteiger partial charge on any atom is 0.417 e. The van der Waals surface area contributed by atoms with Gasteiger partial charge in [0.1, 0.15) is 6.04 Å².